The molecule has 5 aromatic carbocycles. The Bertz CT molecular complexity index is 1900. The van der Waals surface area contributed by atoms with Crippen LogP contribution >= 0.6 is 0 Å². The first-order chi connectivity index (χ1) is 23.5. The van der Waals surface area contributed by atoms with Gasteiger partial charge in [0.25, 0.3) is 10.1 Å². The molecule has 5 rings (SSSR count). The molecule has 5 nitrogen and oxygen atoms in total. The minimum Gasteiger partial charge on any atom is -0.341 e. The maximum Gasteiger partial charge on any atom is 0.294 e. The molecule has 256 valence electrons. The molecule has 0 amide bonds. The zero-order valence-electron chi connectivity index (χ0n) is 29.8. The molecule has 0 fully saturated rings. The fourth-order valence-electron chi connectivity index (χ4n) is 6.83. The van der Waals surface area contributed by atoms with Crippen LogP contribution in [0.2, 0.25) is 0 Å². The van der Waals surface area contributed by atoms with E-state index >= 15 is 0 Å². The van der Waals surface area contributed by atoms with Crippen LogP contribution in [0.5, 0.6) is 0 Å². The van der Waals surface area contributed by atoms with E-state index in [9.17, 15) is 13.0 Å². The minimum atomic E-state index is -4.48. The van der Waals surface area contributed by atoms with E-state index in [1.165, 1.54) is 17.2 Å². The SMILES string of the molecule is CCCCN(c1cccc(C)c1)c1ccc(C(c2ccc(N(CCCC)c3cccc(C)c3)c(C)c2)c2ccccc2S(=O)(=O)O)cc1C. The minimum absolute atomic E-state index is 0.0721. The van der Waals surface area contributed by atoms with Gasteiger partial charge in [0.1, 0.15) is 0 Å². The van der Waals surface area contributed by atoms with E-state index in [4.69, 9.17) is 0 Å². The van der Waals surface area contributed by atoms with Crippen LogP contribution in [0, 0.1) is 27.7 Å². The molecule has 1 N–H and O–H groups in total. The Hall–Kier alpha value is -4.39. The lowest BCUT2D eigenvalue weighted by Gasteiger charge is -2.30. The Kier molecular flexibility index (Phi) is 11.6. The largest absolute Gasteiger partial charge is 0.341 e. The lowest BCUT2D eigenvalue weighted by Crippen LogP contribution is -2.20. The second kappa shape index (κ2) is 15.9. The van der Waals surface area contributed by atoms with Crippen LogP contribution in [-0.2, 0) is 10.1 Å². The van der Waals surface area contributed by atoms with Crippen molar-refractivity contribution in [2.75, 3.05) is 22.9 Å². The zero-order valence-corrected chi connectivity index (χ0v) is 30.6. The average molecular weight is 675 g/mol. The second-order valence-electron chi connectivity index (χ2n) is 13.2. The Morgan fingerprint density at radius 3 is 1.47 bits per heavy atom. The Balaban J connectivity index is 1.65. The quantitative estimate of drug-likeness (QED) is 0.0938. The van der Waals surface area contributed by atoms with Gasteiger partial charge in [0.2, 0.25) is 0 Å². The highest BCUT2D eigenvalue weighted by molar-refractivity contribution is 7.85. The van der Waals surface area contributed by atoms with Crippen molar-refractivity contribution in [2.24, 2.45) is 0 Å². The molecule has 0 saturated heterocycles. The van der Waals surface area contributed by atoms with Gasteiger partial charge < -0.3 is 9.80 Å². The molecule has 0 aliphatic carbocycles. The Labute approximate surface area is 294 Å². The van der Waals surface area contributed by atoms with Gasteiger partial charge in [-0.1, -0.05) is 93.4 Å². The van der Waals surface area contributed by atoms with Gasteiger partial charge in [-0.05, 0) is 122 Å². The van der Waals surface area contributed by atoms with Gasteiger partial charge >= 0.3 is 0 Å². The first kappa shape index (κ1) is 35.9. The second-order valence-corrected chi connectivity index (χ2v) is 14.6. The fourth-order valence-corrected chi connectivity index (χ4v) is 7.56. The van der Waals surface area contributed by atoms with Crippen LogP contribution in [0.1, 0.15) is 84.4 Å². The monoisotopic (exact) mass is 674 g/mol. The molecule has 0 heterocycles. The van der Waals surface area contributed by atoms with Gasteiger partial charge in [-0.2, -0.15) is 8.42 Å². The summed E-state index contributed by atoms with van der Waals surface area (Å²) in [5.41, 5.74) is 11.7. The third-order valence-corrected chi connectivity index (χ3v) is 10.2. The first-order valence-corrected chi connectivity index (χ1v) is 18.9. The molecule has 49 heavy (non-hydrogen) atoms. The molecule has 0 radical (unpaired) electrons. The number of nitrogens with zero attached hydrogens (tertiary/aromatic N) is 2. The van der Waals surface area contributed by atoms with Crippen LogP contribution in [-0.4, -0.2) is 26.1 Å². The number of rotatable bonds is 14. The zero-order chi connectivity index (χ0) is 35.1. The van der Waals surface area contributed by atoms with Crippen molar-refractivity contribution < 1.29 is 13.0 Å². The van der Waals surface area contributed by atoms with Crippen molar-refractivity contribution in [3.05, 3.63) is 148 Å². The van der Waals surface area contributed by atoms with Crippen molar-refractivity contribution in [1.82, 2.24) is 0 Å². The van der Waals surface area contributed by atoms with Crippen LogP contribution < -0.4 is 9.80 Å². The molecule has 0 bridgehead atoms. The molecular weight excluding hydrogens is 625 g/mol. The highest BCUT2D eigenvalue weighted by Gasteiger charge is 2.26. The molecule has 6 heteroatoms. The van der Waals surface area contributed by atoms with Crippen LogP contribution in [0.25, 0.3) is 0 Å². The summed E-state index contributed by atoms with van der Waals surface area (Å²) < 4.78 is 35.9. The van der Waals surface area contributed by atoms with Crippen LogP contribution in [0.3, 0.4) is 0 Å². The summed E-state index contributed by atoms with van der Waals surface area (Å²) in [6, 6.07) is 36.9. The van der Waals surface area contributed by atoms with Gasteiger partial charge in [0.15, 0.2) is 0 Å². The van der Waals surface area contributed by atoms with Crippen molar-refractivity contribution in [3.8, 4) is 0 Å². The number of unbranched alkanes of at least 4 members (excludes halogenated alkanes) is 2. The topological polar surface area (TPSA) is 60.9 Å². The molecule has 0 spiro atoms. The van der Waals surface area contributed by atoms with Crippen molar-refractivity contribution in [2.45, 2.75) is 78.0 Å². The normalized spacial score (nSPS) is 11.6. The van der Waals surface area contributed by atoms with Gasteiger partial charge in [0, 0.05) is 41.8 Å². The Morgan fingerprint density at radius 2 is 1.06 bits per heavy atom. The van der Waals surface area contributed by atoms with E-state index < -0.39 is 16.0 Å². The Morgan fingerprint density at radius 1 is 0.592 bits per heavy atom. The van der Waals surface area contributed by atoms with Crippen molar-refractivity contribution >= 4 is 32.9 Å². The highest BCUT2D eigenvalue weighted by Crippen LogP contribution is 2.40. The van der Waals surface area contributed by atoms with E-state index in [0.29, 0.717) is 5.56 Å². The third kappa shape index (κ3) is 8.44. The maximum absolute atomic E-state index is 12.8. The summed E-state index contributed by atoms with van der Waals surface area (Å²) >= 11 is 0. The average Bonchev–Trinajstić information content (AvgIpc) is 3.06. The summed E-state index contributed by atoms with van der Waals surface area (Å²) in [4.78, 5) is 4.69. The van der Waals surface area contributed by atoms with Crippen molar-refractivity contribution in [1.29, 1.82) is 0 Å². The summed E-state index contributed by atoms with van der Waals surface area (Å²) in [5, 5.41) is 0. The molecule has 0 aliphatic rings. The predicted octanol–water partition coefficient (Wildman–Crippen LogP) is 11.2. The van der Waals surface area contributed by atoms with Gasteiger partial charge in [0.05, 0.1) is 4.90 Å². The van der Waals surface area contributed by atoms with Gasteiger partial charge in [-0.3, -0.25) is 4.55 Å². The first-order valence-electron chi connectivity index (χ1n) is 17.5. The van der Waals surface area contributed by atoms with Gasteiger partial charge in [-0.15, -0.1) is 0 Å². The van der Waals surface area contributed by atoms with Crippen LogP contribution in [0.4, 0.5) is 22.7 Å². The lowest BCUT2D eigenvalue weighted by molar-refractivity contribution is 0.482. The van der Waals surface area contributed by atoms with E-state index in [-0.39, 0.29) is 4.90 Å². The maximum atomic E-state index is 12.8. The fraction of sp³-hybridized carbons (Fsp3) is 0.302. The number of hydrogen-bond donors (Lipinski definition) is 1. The van der Waals surface area contributed by atoms with Gasteiger partial charge in [-0.25, -0.2) is 0 Å². The molecule has 0 atom stereocenters. The van der Waals surface area contributed by atoms with Crippen LogP contribution in [0.15, 0.2) is 114 Å². The van der Waals surface area contributed by atoms with Crippen molar-refractivity contribution in [3.63, 3.8) is 0 Å². The molecule has 5 aromatic rings. The molecule has 0 unspecified atom stereocenters. The predicted molar refractivity (Wildman–Crippen MR) is 206 cm³/mol. The summed E-state index contributed by atoms with van der Waals surface area (Å²) in [5.74, 6) is -0.426. The number of anilines is 4. The highest BCUT2D eigenvalue weighted by atomic mass is 32.2. The third-order valence-electron chi connectivity index (χ3n) is 9.30. The lowest BCUT2D eigenvalue weighted by atomic mass is 9.83. The van der Waals surface area contributed by atoms with E-state index in [1.54, 1.807) is 6.07 Å². The number of benzene rings is 5. The van der Waals surface area contributed by atoms with E-state index in [2.05, 4.69) is 136 Å². The standard InChI is InChI=1S/C43H50N2O3S/c1-7-9-25-44(37-17-13-15-31(3)27-37)40-23-21-35(29-33(40)5)43(39-19-11-12-20-42(39)49(46,47)48)36-22-24-41(34(6)30-36)45(26-10-8-2)38-18-14-16-32(4)28-38/h11-24,27-30,43H,7-10,25-26H2,1-6H3,(H,46,47,48). The summed E-state index contributed by atoms with van der Waals surface area (Å²) in [6.07, 6.45) is 4.29. The molecular formula is C43H50N2O3S. The summed E-state index contributed by atoms with van der Waals surface area (Å²) in [7, 11) is -4.48. The smallest absolute Gasteiger partial charge is 0.294 e. The molecule has 0 aliphatic heterocycles. The number of aryl methyl sites for hydroxylation is 4. The molecule has 0 aromatic heterocycles. The van der Waals surface area contributed by atoms with E-state index in [1.807, 2.05) is 12.1 Å². The summed E-state index contributed by atoms with van der Waals surface area (Å²) in [6.45, 7) is 14.7. The van der Waals surface area contributed by atoms with E-state index in [0.717, 1.165) is 83.8 Å². The number of hydrogen-bond acceptors (Lipinski definition) is 4. The molecule has 0 saturated carbocycles.